The molecule has 0 bridgehead atoms. The minimum absolute atomic E-state index is 0.179. The van der Waals surface area contributed by atoms with E-state index in [2.05, 4.69) is 5.32 Å². The predicted octanol–water partition coefficient (Wildman–Crippen LogP) is 5.49. The van der Waals surface area contributed by atoms with Crippen LogP contribution in [0.1, 0.15) is 35.2 Å². The Balaban J connectivity index is 1.70. The molecule has 3 nitrogen and oxygen atoms in total. The highest BCUT2D eigenvalue weighted by Gasteiger charge is 2.24. The molecule has 27 heavy (non-hydrogen) atoms. The van der Waals surface area contributed by atoms with Crippen molar-refractivity contribution < 1.29 is 13.9 Å². The van der Waals surface area contributed by atoms with Gasteiger partial charge in [-0.25, -0.2) is 4.39 Å². The Morgan fingerprint density at radius 3 is 2.48 bits per heavy atom. The molecule has 1 aliphatic carbocycles. The van der Waals surface area contributed by atoms with E-state index in [1.165, 1.54) is 12.1 Å². The number of fused-ring (bicyclic) bond motifs is 1. The standard InChI is InChI=1S/C22H19ClFNO2/c23-20-12-19(22(26)25-16-4-3-5-16)21(18-7-2-1-6-17(18)20)27-13-14-8-10-15(24)11-9-14/h1-2,6-12,16H,3-5,13H2,(H,25,26). The molecule has 0 aliphatic heterocycles. The zero-order valence-corrected chi connectivity index (χ0v) is 15.4. The van der Waals surface area contributed by atoms with Crippen molar-refractivity contribution >= 4 is 28.3 Å². The fourth-order valence-corrected chi connectivity index (χ4v) is 3.45. The lowest BCUT2D eigenvalue weighted by Crippen LogP contribution is -2.39. The maximum atomic E-state index is 13.1. The molecule has 0 unspecified atom stereocenters. The van der Waals surface area contributed by atoms with Crippen LogP contribution >= 0.6 is 11.6 Å². The summed E-state index contributed by atoms with van der Waals surface area (Å²) in [5.41, 5.74) is 1.24. The molecule has 1 fully saturated rings. The lowest BCUT2D eigenvalue weighted by molar-refractivity contribution is 0.0912. The molecule has 0 atom stereocenters. The van der Waals surface area contributed by atoms with Crippen molar-refractivity contribution in [3.63, 3.8) is 0 Å². The second-order valence-electron chi connectivity index (χ2n) is 6.80. The fraction of sp³-hybridized carbons (Fsp3) is 0.227. The van der Waals surface area contributed by atoms with Gasteiger partial charge in [-0.1, -0.05) is 48.0 Å². The second-order valence-corrected chi connectivity index (χ2v) is 7.20. The highest BCUT2D eigenvalue weighted by atomic mass is 35.5. The highest BCUT2D eigenvalue weighted by Crippen LogP contribution is 2.36. The molecule has 1 amide bonds. The first-order valence-corrected chi connectivity index (χ1v) is 9.39. The Morgan fingerprint density at radius 1 is 1.11 bits per heavy atom. The first kappa shape index (κ1) is 17.8. The Morgan fingerprint density at radius 2 is 1.81 bits per heavy atom. The first-order chi connectivity index (χ1) is 13.1. The summed E-state index contributed by atoms with van der Waals surface area (Å²) in [4.78, 5) is 12.8. The Labute approximate surface area is 162 Å². The number of rotatable bonds is 5. The van der Waals surface area contributed by atoms with Crippen molar-refractivity contribution in [3.8, 4) is 5.75 Å². The second kappa shape index (κ2) is 7.57. The van der Waals surface area contributed by atoms with Gasteiger partial charge in [0.2, 0.25) is 0 Å². The average Bonchev–Trinajstić information content (AvgIpc) is 2.65. The van der Waals surface area contributed by atoms with Crippen LogP contribution in [-0.2, 0) is 6.61 Å². The van der Waals surface area contributed by atoms with Crippen LogP contribution in [0, 0.1) is 5.82 Å². The van der Waals surface area contributed by atoms with E-state index >= 15 is 0 Å². The molecule has 0 radical (unpaired) electrons. The third-order valence-corrected chi connectivity index (χ3v) is 5.24. The summed E-state index contributed by atoms with van der Waals surface area (Å²) >= 11 is 6.42. The molecule has 3 aromatic carbocycles. The van der Waals surface area contributed by atoms with Gasteiger partial charge in [-0.05, 0) is 43.0 Å². The maximum Gasteiger partial charge on any atom is 0.255 e. The van der Waals surface area contributed by atoms with Gasteiger partial charge in [-0.3, -0.25) is 4.79 Å². The maximum absolute atomic E-state index is 13.1. The summed E-state index contributed by atoms with van der Waals surface area (Å²) in [6, 6.07) is 15.6. The minimum Gasteiger partial charge on any atom is -0.487 e. The van der Waals surface area contributed by atoms with E-state index in [9.17, 15) is 9.18 Å². The van der Waals surface area contributed by atoms with Gasteiger partial charge in [0, 0.05) is 21.8 Å². The van der Waals surface area contributed by atoms with Crippen molar-refractivity contribution in [2.75, 3.05) is 0 Å². The average molecular weight is 384 g/mol. The Hall–Kier alpha value is -2.59. The van der Waals surface area contributed by atoms with Crippen molar-refractivity contribution in [2.24, 2.45) is 0 Å². The van der Waals surface area contributed by atoms with Gasteiger partial charge in [0.15, 0.2) is 0 Å². The Kier molecular flexibility index (Phi) is 4.99. The van der Waals surface area contributed by atoms with Crippen molar-refractivity contribution in [1.82, 2.24) is 5.32 Å². The van der Waals surface area contributed by atoms with Gasteiger partial charge in [0.1, 0.15) is 18.2 Å². The number of carbonyl (C=O) groups excluding carboxylic acids is 1. The third-order valence-electron chi connectivity index (χ3n) is 4.93. The third kappa shape index (κ3) is 3.76. The lowest BCUT2D eigenvalue weighted by atomic mass is 9.92. The van der Waals surface area contributed by atoms with Gasteiger partial charge in [0.25, 0.3) is 5.91 Å². The molecule has 0 heterocycles. The van der Waals surface area contributed by atoms with Crippen LogP contribution in [0.15, 0.2) is 54.6 Å². The number of ether oxygens (including phenoxy) is 1. The summed E-state index contributed by atoms with van der Waals surface area (Å²) in [6.07, 6.45) is 3.13. The largest absolute Gasteiger partial charge is 0.487 e. The minimum atomic E-state index is -0.295. The number of halogens is 2. The molecule has 0 saturated heterocycles. The van der Waals surface area contributed by atoms with Crippen molar-refractivity contribution in [1.29, 1.82) is 0 Å². The summed E-state index contributed by atoms with van der Waals surface area (Å²) in [7, 11) is 0. The molecular weight excluding hydrogens is 365 g/mol. The molecule has 1 aliphatic rings. The zero-order chi connectivity index (χ0) is 18.8. The number of hydrogen-bond acceptors (Lipinski definition) is 2. The van der Waals surface area contributed by atoms with Gasteiger partial charge < -0.3 is 10.1 Å². The van der Waals surface area contributed by atoms with Crippen LogP contribution in [0.4, 0.5) is 4.39 Å². The van der Waals surface area contributed by atoms with E-state index in [0.29, 0.717) is 16.3 Å². The number of carbonyl (C=O) groups is 1. The van der Waals surface area contributed by atoms with Gasteiger partial charge in [-0.2, -0.15) is 0 Å². The molecule has 0 spiro atoms. The van der Waals surface area contributed by atoms with Crippen LogP contribution in [0.3, 0.4) is 0 Å². The van der Waals surface area contributed by atoms with Crippen LogP contribution in [0.5, 0.6) is 5.75 Å². The van der Waals surface area contributed by atoms with Gasteiger partial charge >= 0.3 is 0 Å². The summed E-state index contributed by atoms with van der Waals surface area (Å²) in [6.45, 7) is 0.232. The normalized spacial score (nSPS) is 14.0. The molecular formula is C22H19ClFNO2. The highest BCUT2D eigenvalue weighted by molar-refractivity contribution is 6.36. The zero-order valence-electron chi connectivity index (χ0n) is 14.7. The number of hydrogen-bond donors (Lipinski definition) is 1. The van der Waals surface area contributed by atoms with Gasteiger partial charge in [-0.15, -0.1) is 0 Å². The number of amides is 1. The summed E-state index contributed by atoms with van der Waals surface area (Å²) < 4.78 is 19.2. The van der Waals surface area contributed by atoms with E-state index in [4.69, 9.17) is 16.3 Å². The summed E-state index contributed by atoms with van der Waals surface area (Å²) in [5.74, 6) is 0.0221. The lowest BCUT2D eigenvalue weighted by Gasteiger charge is -2.27. The molecule has 1 N–H and O–H groups in total. The van der Waals surface area contributed by atoms with E-state index in [1.807, 2.05) is 24.3 Å². The molecule has 4 rings (SSSR count). The van der Waals surface area contributed by atoms with Crippen LogP contribution < -0.4 is 10.1 Å². The van der Waals surface area contributed by atoms with Gasteiger partial charge in [0.05, 0.1) is 5.56 Å². The molecule has 5 heteroatoms. The van der Waals surface area contributed by atoms with Crippen molar-refractivity contribution in [3.05, 3.63) is 76.6 Å². The first-order valence-electron chi connectivity index (χ1n) is 9.01. The Bertz CT molecular complexity index is 984. The summed E-state index contributed by atoms with van der Waals surface area (Å²) in [5, 5.41) is 5.17. The van der Waals surface area contributed by atoms with Crippen LogP contribution in [0.2, 0.25) is 5.02 Å². The number of benzene rings is 3. The molecule has 138 valence electrons. The van der Waals surface area contributed by atoms with E-state index < -0.39 is 0 Å². The monoisotopic (exact) mass is 383 g/mol. The van der Waals surface area contributed by atoms with Crippen molar-refractivity contribution in [2.45, 2.75) is 31.9 Å². The SMILES string of the molecule is O=C(NC1CCC1)c1cc(Cl)c2ccccc2c1OCc1ccc(F)cc1. The molecule has 0 aromatic heterocycles. The van der Waals surface area contributed by atoms with E-state index in [0.717, 1.165) is 35.6 Å². The smallest absolute Gasteiger partial charge is 0.255 e. The van der Waals surface area contributed by atoms with Crippen LogP contribution in [-0.4, -0.2) is 11.9 Å². The number of nitrogens with one attached hydrogen (secondary N) is 1. The quantitative estimate of drug-likeness (QED) is 0.632. The predicted molar refractivity (Wildman–Crippen MR) is 105 cm³/mol. The topological polar surface area (TPSA) is 38.3 Å². The van der Waals surface area contributed by atoms with E-state index in [-0.39, 0.29) is 24.4 Å². The van der Waals surface area contributed by atoms with Crippen LogP contribution in [0.25, 0.3) is 10.8 Å². The fourth-order valence-electron chi connectivity index (χ4n) is 3.18. The molecule has 1 saturated carbocycles. The van der Waals surface area contributed by atoms with E-state index in [1.54, 1.807) is 18.2 Å². The molecule has 3 aromatic rings.